The molecule has 5 rings (SSSR count). The summed E-state index contributed by atoms with van der Waals surface area (Å²) in [5.41, 5.74) is 1.96. The van der Waals surface area contributed by atoms with Gasteiger partial charge in [-0.3, -0.25) is 9.59 Å². The van der Waals surface area contributed by atoms with Gasteiger partial charge in [-0.25, -0.2) is 0 Å². The van der Waals surface area contributed by atoms with Crippen LogP contribution in [-0.4, -0.2) is 17.0 Å². The highest BCUT2D eigenvalue weighted by Crippen LogP contribution is 2.63. The number of fused-ring (bicyclic) bond motifs is 1. The van der Waals surface area contributed by atoms with Gasteiger partial charge in [0.2, 0.25) is 5.91 Å². The molecule has 23 heavy (non-hydrogen) atoms. The van der Waals surface area contributed by atoms with Crippen LogP contribution >= 0.6 is 0 Å². The van der Waals surface area contributed by atoms with E-state index in [1.54, 1.807) is 0 Å². The predicted octanol–water partition coefficient (Wildman–Crippen LogP) is 2.96. The van der Waals surface area contributed by atoms with Crippen molar-refractivity contribution in [2.24, 2.45) is 35.5 Å². The molecule has 4 nitrogen and oxygen atoms in total. The number of carboxylic acid groups (broad SMARTS) is 1. The van der Waals surface area contributed by atoms with Crippen molar-refractivity contribution < 1.29 is 14.7 Å². The molecule has 2 N–H and O–H groups in total. The van der Waals surface area contributed by atoms with Crippen LogP contribution in [0.2, 0.25) is 0 Å². The zero-order valence-electron chi connectivity index (χ0n) is 13.1. The summed E-state index contributed by atoms with van der Waals surface area (Å²) < 4.78 is 0. The maximum Gasteiger partial charge on any atom is 0.307 e. The van der Waals surface area contributed by atoms with E-state index in [2.05, 4.69) is 18.3 Å². The number of carbonyl (C=O) groups excluding carboxylic acids is 1. The average molecular weight is 311 g/mol. The van der Waals surface area contributed by atoms with Gasteiger partial charge in [0.1, 0.15) is 0 Å². The van der Waals surface area contributed by atoms with Crippen LogP contribution in [0.5, 0.6) is 0 Å². The summed E-state index contributed by atoms with van der Waals surface area (Å²) in [6, 6.07) is 7.77. The zero-order chi connectivity index (χ0) is 16.1. The molecule has 2 saturated carbocycles. The standard InChI is InChI=1S/C19H21NO3/c1-2-10-3-5-11(6-4-10)20-18(21)16-12-7-8-13(15-9-14(12)15)17(16)19(22)23/h3-8,12-17H,2,9H2,1H3,(H,20,21)(H,22,23)/t12-,13-,14+,15-,16+,17+/m0/s1. The second kappa shape index (κ2) is 5.22. The van der Waals surface area contributed by atoms with Crippen molar-refractivity contribution in [1.82, 2.24) is 0 Å². The molecule has 2 bridgehead atoms. The normalized spacial score (nSPS) is 36.4. The van der Waals surface area contributed by atoms with E-state index in [4.69, 9.17) is 0 Å². The molecule has 0 heterocycles. The van der Waals surface area contributed by atoms with Crippen molar-refractivity contribution in [3.63, 3.8) is 0 Å². The summed E-state index contributed by atoms with van der Waals surface area (Å²) in [4.78, 5) is 24.5. The third-order valence-electron chi connectivity index (χ3n) is 5.87. The first kappa shape index (κ1) is 14.5. The van der Waals surface area contributed by atoms with Gasteiger partial charge in [0.25, 0.3) is 0 Å². The first-order chi connectivity index (χ1) is 11.1. The van der Waals surface area contributed by atoms with Crippen molar-refractivity contribution in [3.05, 3.63) is 42.0 Å². The van der Waals surface area contributed by atoms with E-state index in [-0.39, 0.29) is 17.7 Å². The van der Waals surface area contributed by atoms with Crippen molar-refractivity contribution in [2.75, 3.05) is 5.32 Å². The number of carboxylic acids is 1. The number of carbonyl (C=O) groups is 2. The van der Waals surface area contributed by atoms with Crippen LogP contribution in [0.15, 0.2) is 36.4 Å². The summed E-state index contributed by atoms with van der Waals surface area (Å²) in [6.45, 7) is 2.09. The van der Waals surface area contributed by atoms with Crippen LogP contribution in [-0.2, 0) is 16.0 Å². The molecular formula is C19H21NO3. The Hall–Kier alpha value is -2.10. The first-order valence-electron chi connectivity index (χ1n) is 8.41. The third-order valence-corrected chi connectivity index (χ3v) is 5.87. The number of rotatable bonds is 4. The fraction of sp³-hybridized carbons (Fsp3) is 0.474. The Bertz CT molecular complexity index is 678. The van der Waals surface area contributed by atoms with Gasteiger partial charge < -0.3 is 10.4 Å². The van der Waals surface area contributed by atoms with Crippen LogP contribution < -0.4 is 5.32 Å². The van der Waals surface area contributed by atoms with Gasteiger partial charge in [-0.05, 0) is 54.2 Å². The minimum absolute atomic E-state index is 0.0284. The highest BCUT2D eigenvalue weighted by Gasteiger charge is 2.62. The van der Waals surface area contributed by atoms with E-state index in [0.29, 0.717) is 11.8 Å². The van der Waals surface area contributed by atoms with Gasteiger partial charge >= 0.3 is 5.97 Å². The van der Waals surface area contributed by atoms with Crippen LogP contribution in [0.4, 0.5) is 5.69 Å². The molecule has 1 amide bonds. The molecule has 4 aliphatic carbocycles. The largest absolute Gasteiger partial charge is 0.481 e. The van der Waals surface area contributed by atoms with Crippen LogP contribution in [0.3, 0.4) is 0 Å². The minimum Gasteiger partial charge on any atom is -0.481 e. The average Bonchev–Trinajstić information content (AvgIpc) is 3.37. The molecule has 0 radical (unpaired) electrons. The SMILES string of the molecule is CCc1ccc(NC(=O)[C@@H]2[C@H]3C=C[C@@H]([C@@H]4C[C@H]34)[C@H]2C(=O)O)cc1. The number of allylic oxidation sites excluding steroid dienone is 2. The molecule has 6 atom stereocenters. The lowest BCUT2D eigenvalue weighted by molar-refractivity contribution is -0.152. The lowest BCUT2D eigenvalue weighted by Gasteiger charge is -2.41. The van der Waals surface area contributed by atoms with Gasteiger partial charge in [-0.2, -0.15) is 0 Å². The highest BCUT2D eigenvalue weighted by atomic mass is 16.4. The number of benzene rings is 1. The number of hydrogen-bond donors (Lipinski definition) is 2. The molecule has 120 valence electrons. The molecule has 2 fully saturated rings. The smallest absolute Gasteiger partial charge is 0.307 e. The van der Waals surface area contributed by atoms with Crippen molar-refractivity contribution in [3.8, 4) is 0 Å². The Morgan fingerprint density at radius 3 is 2.26 bits per heavy atom. The minimum atomic E-state index is -0.837. The summed E-state index contributed by atoms with van der Waals surface area (Å²) in [5.74, 6) is -0.900. The van der Waals surface area contributed by atoms with Crippen LogP contribution in [0.1, 0.15) is 18.9 Å². The Balaban J connectivity index is 1.56. The number of aryl methyl sites for hydroxylation is 1. The highest BCUT2D eigenvalue weighted by molar-refractivity contribution is 5.96. The molecule has 0 spiro atoms. The molecule has 4 aliphatic rings. The molecule has 1 aromatic rings. The van der Waals surface area contributed by atoms with E-state index in [1.165, 1.54) is 5.56 Å². The maximum absolute atomic E-state index is 12.8. The van der Waals surface area contributed by atoms with Gasteiger partial charge in [0.15, 0.2) is 0 Å². The van der Waals surface area contributed by atoms with Crippen molar-refractivity contribution in [1.29, 1.82) is 0 Å². The van der Waals surface area contributed by atoms with E-state index >= 15 is 0 Å². The Morgan fingerprint density at radius 2 is 1.70 bits per heavy atom. The molecule has 0 aliphatic heterocycles. The quantitative estimate of drug-likeness (QED) is 0.840. The fourth-order valence-corrected chi connectivity index (χ4v) is 4.62. The van der Waals surface area contributed by atoms with Gasteiger partial charge in [-0.1, -0.05) is 31.2 Å². The Kier molecular flexibility index (Phi) is 3.29. The molecule has 1 aromatic carbocycles. The van der Waals surface area contributed by atoms with E-state index < -0.39 is 17.8 Å². The van der Waals surface area contributed by atoms with E-state index in [0.717, 1.165) is 18.5 Å². The number of hydrogen-bond acceptors (Lipinski definition) is 2. The molecule has 0 saturated heterocycles. The number of amides is 1. The Morgan fingerprint density at radius 1 is 1.09 bits per heavy atom. The summed E-state index contributed by atoms with van der Waals surface area (Å²) in [6.07, 6.45) is 6.15. The summed E-state index contributed by atoms with van der Waals surface area (Å²) in [7, 11) is 0. The van der Waals surface area contributed by atoms with Gasteiger partial charge in [0, 0.05) is 5.69 Å². The molecule has 0 unspecified atom stereocenters. The lowest BCUT2D eigenvalue weighted by Crippen LogP contribution is -2.48. The second-order valence-electron chi connectivity index (χ2n) is 7.03. The molecule has 0 aromatic heterocycles. The van der Waals surface area contributed by atoms with Gasteiger partial charge in [0.05, 0.1) is 11.8 Å². The summed E-state index contributed by atoms with van der Waals surface area (Å²) >= 11 is 0. The van der Waals surface area contributed by atoms with Crippen molar-refractivity contribution >= 4 is 17.6 Å². The number of nitrogens with one attached hydrogen (secondary N) is 1. The Labute approximate surface area is 135 Å². The topological polar surface area (TPSA) is 66.4 Å². The molecule has 4 heteroatoms. The van der Waals surface area contributed by atoms with E-state index in [9.17, 15) is 14.7 Å². The van der Waals surface area contributed by atoms with Crippen LogP contribution in [0, 0.1) is 35.5 Å². The second-order valence-corrected chi connectivity index (χ2v) is 7.03. The lowest BCUT2D eigenvalue weighted by atomic mass is 9.62. The van der Waals surface area contributed by atoms with Gasteiger partial charge in [-0.15, -0.1) is 0 Å². The molecular weight excluding hydrogens is 290 g/mol. The van der Waals surface area contributed by atoms with E-state index in [1.807, 2.05) is 30.3 Å². The third kappa shape index (κ3) is 2.28. The number of anilines is 1. The predicted molar refractivity (Wildman–Crippen MR) is 86.8 cm³/mol. The first-order valence-corrected chi connectivity index (χ1v) is 8.41. The monoisotopic (exact) mass is 311 g/mol. The van der Waals surface area contributed by atoms with Crippen LogP contribution in [0.25, 0.3) is 0 Å². The maximum atomic E-state index is 12.8. The summed E-state index contributed by atoms with van der Waals surface area (Å²) in [5, 5.41) is 12.6. The zero-order valence-corrected chi connectivity index (χ0v) is 13.1. The van der Waals surface area contributed by atoms with Crippen molar-refractivity contribution in [2.45, 2.75) is 19.8 Å². The number of aliphatic carboxylic acids is 1. The fourth-order valence-electron chi connectivity index (χ4n) is 4.62.